The number of amides is 1. The van der Waals surface area contributed by atoms with E-state index in [1.54, 1.807) is 20.8 Å². The van der Waals surface area contributed by atoms with Gasteiger partial charge >= 0.3 is 6.09 Å². The van der Waals surface area contributed by atoms with Crippen LogP contribution in [-0.4, -0.2) is 25.3 Å². The molecule has 0 atom stereocenters. The van der Waals surface area contributed by atoms with Gasteiger partial charge in [-0.1, -0.05) is 25.9 Å². The average molecular weight is 208 g/mol. The third kappa shape index (κ3) is 4.15. The van der Waals surface area contributed by atoms with Gasteiger partial charge in [0.25, 0.3) is 6.43 Å². The normalized spacial score (nSPS) is 12.9. The summed E-state index contributed by atoms with van der Waals surface area (Å²) < 4.78 is 24.8. The third-order valence-corrected chi connectivity index (χ3v) is 1.41. The van der Waals surface area contributed by atoms with Crippen LogP contribution in [0.5, 0.6) is 0 Å². The van der Waals surface area contributed by atoms with Gasteiger partial charge in [0.2, 0.25) is 0 Å². The molecular weight excluding hydrogens is 194 g/mol. The molecule has 0 saturated heterocycles. The van der Waals surface area contributed by atoms with E-state index in [0.717, 1.165) is 0 Å². The lowest BCUT2D eigenvalue weighted by Gasteiger charge is -2.19. The van der Waals surface area contributed by atoms with E-state index in [1.165, 1.54) is 7.05 Å². The molecule has 0 unspecified atom stereocenters. The predicted octanol–water partition coefficient (Wildman–Crippen LogP) is 2.01. The van der Waals surface area contributed by atoms with E-state index in [4.69, 9.17) is 0 Å². The first-order valence-corrected chi connectivity index (χ1v) is 4.04. The van der Waals surface area contributed by atoms with Crippen LogP contribution in [0.25, 0.3) is 0 Å². The molecule has 0 aliphatic rings. The van der Waals surface area contributed by atoms with E-state index < -0.39 is 23.6 Å². The minimum atomic E-state index is -2.74. The summed E-state index contributed by atoms with van der Waals surface area (Å²) in [6.07, 6.45) is -3.60. The number of carbonyl (C=O) groups is 1. The minimum absolute atomic E-state index is 0.457. The van der Waals surface area contributed by atoms with E-state index in [-0.39, 0.29) is 0 Å². The fourth-order valence-electron chi connectivity index (χ4n) is 0.640. The molecule has 0 aromatic rings. The highest BCUT2D eigenvalue weighted by atomic mass is 19.3. The molecule has 0 aromatic carbocycles. The van der Waals surface area contributed by atoms with Crippen molar-refractivity contribution in [1.29, 1.82) is 0 Å². The van der Waals surface area contributed by atoms with Crippen molar-refractivity contribution in [2.24, 2.45) is 10.6 Å². The zero-order valence-electron chi connectivity index (χ0n) is 8.60. The largest absolute Gasteiger partial charge is 0.433 e. The van der Waals surface area contributed by atoms with E-state index >= 15 is 0 Å². The van der Waals surface area contributed by atoms with Crippen LogP contribution in [0.2, 0.25) is 0 Å². The Hall–Kier alpha value is -1.20. The van der Waals surface area contributed by atoms with Crippen LogP contribution in [0.3, 0.4) is 0 Å². The van der Waals surface area contributed by atoms with Crippen molar-refractivity contribution in [1.82, 2.24) is 5.32 Å². The fraction of sp³-hybridized carbons (Fsp3) is 0.750. The second kappa shape index (κ2) is 4.88. The molecule has 0 aromatic heterocycles. The molecule has 14 heavy (non-hydrogen) atoms. The van der Waals surface area contributed by atoms with Gasteiger partial charge in [0.1, 0.15) is 5.71 Å². The third-order valence-electron chi connectivity index (χ3n) is 1.41. The molecule has 6 heteroatoms. The van der Waals surface area contributed by atoms with Gasteiger partial charge in [-0.2, -0.15) is 0 Å². The Morgan fingerprint density at radius 3 is 2.21 bits per heavy atom. The molecule has 82 valence electrons. The summed E-state index contributed by atoms with van der Waals surface area (Å²) in [4.78, 5) is 14.8. The number of nitrogens with one attached hydrogen (secondary N) is 1. The Balaban J connectivity index is 4.59. The second-order valence-electron chi connectivity index (χ2n) is 3.66. The SMILES string of the molecule is CNC(=O)ON=C(C(F)F)C(C)(C)C. The van der Waals surface area contributed by atoms with Crippen LogP contribution in [0.4, 0.5) is 13.6 Å². The Kier molecular flexibility index (Phi) is 4.46. The summed E-state index contributed by atoms with van der Waals surface area (Å²) >= 11 is 0. The van der Waals surface area contributed by atoms with Crippen LogP contribution in [0.15, 0.2) is 5.16 Å². The van der Waals surface area contributed by atoms with Gasteiger partial charge in [-0.15, -0.1) is 0 Å². The summed E-state index contributed by atoms with van der Waals surface area (Å²) in [6, 6.07) is 0. The van der Waals surface area contributed by atoms with Gasteiger partial charge in [-0.25, -0.2) is 13.6 Å². The summed E-state index contributed by atoms with van der Waals surface area (Å²) in [5.74, 6) is 0. The van der Waals surface area contributed by atoms with E-state index in [0.29, 0.717) is 0 Å². The van der Waals surface area contributed by atoms with Crippen molar-refractivity contribution >= 4 is 11.8 Å². The first kappa shape index (κ1) is 12.8. The van der Waals surface area contributed by atoms with Crippen LogP contribution >= 0.6 is 0 Å². The van der Waals surface area contributed by atoms with Gasteiger partial charge in [0.05, 0.1) is 0 Å². The number of hydrogen-bond donors (Lipinski definition) is 1. The van der Waals surface area contributed by atoms with Gasteiger partial charge in [0, 0.05) is 12.5 Å². The smallest absolute Gasteiger partial charge is 0.323 e. The molecule has 1 N–H and O–H groups in total. The van der Waals surface area contributed by atoms with E-state index in [2.05, 4.69) is 15.3 Å². The van der Waals surface area contributed by atoms with Gasteiger partial charge in [-0.3, -0.25) is 4.84 Å². The number of carbonyl (C=O) groups excluding carboxylic acids is 1. The number of rotatable bonds is 2. The molecule has 0 saturated carbocycles. The molecular formula is C8H14F2N2O2. The predicted molar refractivity (Wildman–Crippen MR) is 48.4 cm³/mol. The Morgan fingerprint density at radius 2 is 1.93 bits per heavy atom. The highest BCUT2D eigenvalue weighted by Gasteiger charge is 2.28. The lowest BCUT2D eigenvalue weighted by Crippen LogP contribution is -2.29. The van der Waals surface area contributed by atoms with Crippen LogP contribution in [-0.2, 0) is 4.84 Å². The van der Waals surface area contributed by atoms with Gasteiger partial charge < -0.3 is 5.32 Å². The van der Waals surface area contributed by atoms with E-state index in [9.17, 15) is 13.6 Å². The highest BCUT2D eigenvalue weighted by molar-refractivity contribution is 5.92. The molecule has 1 amide bonds. The van der Waals surface area contributed by atoms with Crippen molar-refractivity contribution in [2.45, 2.75) is 27.2 Å². The Labute approximate surface area is 81.3 Å². The standard InChI is InChI=1S/C8H14F2N2O2/c1-8(2,3)5(6(9)10)12-14-7(13)11-4/h6H,1-4H3,(H,11,13). The number of hydrogen-bond acceptors (Lipinski definition) is 3. The highest BCUT2D eigenvalue weighted by Crippen LogP contribution is 2.21. The topological polar surface area (TPSA) is 50.7 Å². The summed E-state index contributed by atoms with van der Waals surface area (Å²) in [5, 5.41) is 5.22. The van der Waals surface area contributed by atoms with Crippen LogP contribution < -0.4 is 5.32 Å². The Bertz CT molecular complexity index is 234. The lowest BCUT2D eigenvalue weighted by atomic mass is 9.90. The maximum Gasteiger partial charge on any atom is 0.433 e. The number of oxime groups is 1. The molecule has 0 spiro atoms. The molecule has 0 bridgehead atoms. The quantitative estimate of drug-likeness (QED) is 0.428. The zero-order valence-corrected chi connectivity index (χ0v) is 8.60. The zero-order chi connectivity index (χ0) is 11.4. The molecule has 0 heterocycles. The molecule has 0 aliphatic carbocycles. The lowest BCUT2D eigenvalue weighted by molar-refractivity contribution is 0.144. The molecule has 0 rings (SSSR count). The Morgan fingerprint density at radius 1 is 1.43 bits per heavy atom. The number of alkyl halides is 2. The average Bonchev–Trinajstić information content (AvgIpc) is 2.01. The first-order chi connectivity index (χ1) is 6.29. The van der Waals surface area contributed by atoms with Gasteiger partial charge in [-0.05, 0) is 0 Å². The van der Waals surface area contributed by atoms with Gasteiger partial charge in [0.15, 0.2) is 0 Å². The maximum atomic E-state index is 12.4. The molecule has 0 aliphatic heterocycles. The van der Waals surface area contributed by atoms with Crippen molar-refractivity contribution < 1.29 is 18.4 Å². The summed E-state index contributed by atoms with van der Waals surface area (Å²) in [7, 11) is 1.32. The second-order valence-corrected chi connectivity index (χ2v) is 3.66. The molecule has 0 radical (unpaired) electrons. The fourth-order valence-corrected chi connectivity index (χ4v) is 0.640. The summed E-state index contributed by atoms with van der Waals surface area (Å²) in [5.41, 5.74) is -1.29. The first-order valence-electron chi connectivity index (χ1n) is 4.04. The van der Waals surface area contributed by atoms with Crippen LogP contribution in [0.1, 0.15) is 20.8 Å². The van der Waals surface area contributed by atoms with Crippen molar-refractivity contribution in [3.8, 4) is 0 Å². The van der Waals surface area contributed by atoms with Crippen molar-refractivity contribution in [3.63, 3.8) is 0 Å². The van der Waals surface area contributed by atoms with Crippen molar-refractivity contribution in [2.75, 3.05) is 7.05 Å². The number of nitrogens with zero attached hydrogens (tertiary/aromatic N) is 1. The number of halogens is 2. The monoisotopic (exact) mass is 208 g/mol. The van der Waals surface area contributed by atoms with Crippen molar-refractivity contribution in [3.05, 3.63) is 0 Å². The van der Waals surface area contributed by atoms with Crippen LogP contribution in [0, 0.1) is 5.41 Å². The molecule has 0 fully saturated rings. The molecule has 4 nitrogen and oxygen atoms in total. The maximum absolute atomic E-state index is 12.4. The summed E-state index contributed by atoms with van der Waals surface area (Å²) in [6.45, 7) is 4.68. The van der Waals surface area contributed by atoms with E-state index in [1.807, 2.05) is 0 Å². The minimum Gasteiger partial charge on any atom is -0.323 e.